The van der Waals surface area contributed by atoms with Gasteiger partial charge < -0.3 is 15.0 Å². The monoisotopic (exact) mass is 214 g/mol. The summed E-state index contributed by atoms with van der Waals surface area (Å²) in [6.45, 7) is 9.91. The largest absolute Gasteiger partial charge is 0.378 e. The van der Waals surface area contributed by atoms with Crippen molar-refractivity contribution in [1.29, 1.82) is 0 Å². The summed E-state index contributed by atoms with van der Waals surface area (Å²) < 4.78 is 5.57. The molecule has 3 heteroatoms. The van der Waals surface area contributed by atoms with Crippen molar-refractivity contribution in [2.24, 2.45) is 5.92 Å². The molecule has 0 amide bonds. The molecule has 0 aromatic rings. The van der Waals surface area contributed by atoms with Gasteiger partial charge in [-0.1, -0.05) is 6.92 Å². The third-order valence-corrected chi connectivity index (χ3v) is 3.18. The highest BCUT2D eigenvalue weighted by molar-refractivity contribution is 4.75. The molecule has 1 aliphatic rings. The summed E-state index contributed by atoms with van der Waals surface area (Å²) >= 11 is 0. The number of nitrogens with one attached hydrogen (secondary N) is 1. The molecular formula is C12H26N2O. The van der Waals surface area contributed by atoms with E-state index in [1.807, 2.05) is 0 Å². The van der Waals surface area contributed by atoms with Crippen LogP contribution in [0.3, 0.4) is 0 Å². The molecule has 15 heavy (non-hydrogen) atoms. The van der Waals surface area contributed by atoms with Gasteiger partial charge in [-0.25, -0.2) is 0 Å². The summed E-state index contributed by atoms with van der Waals surface area (Å²) in [5, 5.41) is 3.43. The third kappa shape index (κ3) is 4.96. The van der Waals surface area contributed by atoms with E-state index in [9.17, 15) is 0 Å². The molecule has 2 atom stereocenters. The van der Waals surface area contributed by atoms with Crippen LogP contribution < -0.4 is 5.32 Å². The van der Waals surface area contributed by atoms with Crippen molar-refractivity contribution in [3.05, 3.63) is 0 Å². The maximum atomic E-state index is 5.57. The van der Waals surface area contributed by atoms with E-state index in [2.05, 4.69) is 31.1 Å². The van der Waals surface area contributed by atoms with E-state index in [0.717, 1.165) is 32.2 Å². The fraction of sp³-hybridized carbons (Fsp3) is 1.00. The van der Waals surface area contributed by atoms with Gasteiger partial charge in [0.05, 0.1) is 6.10 Å². The lowest BCUT2D eigenvalue weighted by molar-refractivity contribution is 0.0960. The molecule has 0 aliphatic carbocycles. The molecule has 1 fully saturated rings. The second kappa shape index (κ2) is 7.20. The minimum absolute atomic E-state index is 0.455. The normalized spacial score (nSPS) is 26.4. The van der Waals surface area contributed by atoms with Gasteiger partial charge in [-0.05, 0) is 39.3 Å². The van der Waals surface area contributed by atoms with E-state index in [1.54, 1.807) is 0 Å². The van der Waals surface area contributed by atoms with Gasteiger partial charge in [0.1, 0.15) is 0 Å². The highest BCUT2D eigenvalue weighted by Gasteiger charge is 2.24. The van der Waals surface area contributed by atoms with Crippen LogP contribution in [0.2, 0.25) is 0 Å². The Kier molecular flexibility index (Phi) is 6.22. The Balaban J connectivity index is 2.04. The van der Waals surface area contributed by atoms with Crippen LogP contribution >= 0.6 is 0 Å². The topological polar surface area (TPSA) is 24.5 Å². The molecule has 0 aromatic carbocycles. The molecular weight excluding hydrogens is 188 g/mol. The molecule has 1 N–H and O–H groups in total. The van der Waals surface area contributed by atoms with Crippen LogP contribution in [0.4, 0.5) is 0 Å². The average molecular weight is 214 g/mol. The first-order valence-electron chi connectivity index (χ1n) is 6.25. The van der Waals surface area contributed by atoms with E-state index in [4.69, 9.17) is 4.74 Å². The zero-order valence-corrected chi connectivity index (χ0v) is 10.5. The van der Waals surface area contributed by atoms with Crippen molar-refractivity contribution in [3.63, 3.8) is 0 Å². The number of hydrogen-bond donors (Lipinski definition) is 1. The Hall–Kier alpha value is -0.120. The molecule has 2 unspecified atom stereocenters. The highest BCUT2D eigenvalue weighted by Crippen LogP contribution is 2.20. The SMILES string of the molecule is CCCNCCN(C)CC1CCOC1C. The zero-order valence-electron chi connectivity index (χ0n) is 10.5. The lowest BCUT2D eigenvalue weighted by Gasteiger charge is -2.22. The number of hydrogen-bond acceptors (Lipinski definition) is 3. The first-order chi connectivity index (χ1) is 7.24. The Morgan fingerprint density at radius 2 is 2.20 bits per heavy atom. The molecule has 1 heterocycles. The highest BCUT2D eigenvalue weighted by atomic mass is 16.5. The smallest absolute Gasteiger partial charge is 0.0588 e. The Morgan fingerprint density at radius 3 is 2.80 bits per heavy atom. The van der Waals surface area contributed by atoms with Gasteiger partial charge in [0.15, 0.2) is 0 Å². The van der Waals surface area contributed by atoms with Crippen LogP contribution in [0.1, 0.15) is 26.7 Å². The summed E-state index contributed by atoms with van der Waals surface area (Å²) in [5.41, 5.74) is 0. The second-order valence-electron chi connectivity index (χ2n) is 4.64. The first-order valence-corrected chi connectivity index (χ1v) is 6.25. The summed E-state index contributed by atoms with van der Waals surface area (Å²) in [6.07, 6.45) is 2.90. The molecule has 0 aromatic heterocycles. The lowest BCUT2D eigenvalue weighted by atomic mass is 10.0. The van der Waals surface area contributed by atoms with Gasteiger partial charge in [0.25, 0.3) is 0 Å². The third-order valence-electron chi connectivity index (χ3n) is 3.18. The van der Waals surface area contributed by atoms with E-state index < -0.39 is 0 Å². The van der Waals surface area contributed by atoms with Crippen LogP contribution in [-0.4, -0.2) is 50.8 Å². The Labute approximate surface area is 94.2 Å². The fourth-order valence-electron chi connectivity index (χ4n) is 2.08. The Bertz CT molecular complexity index is 164. The Morgan fingerprint density at radius 1 is 1.40 bits per heavy atom. The minimum atomic E-state index is 0.455. The first kappa shape index (κ1) is 12.9. The van der Waals surface area contributed by atoms with Crippen molar-refractivity contribution in [2.45, 2.75) is 32.8 Å². The van der Waals surface area contributed by atoms with Gasteiger partial charge in [0.2, 0.25) is 0 Å². The van der Waals surface area contributed by atoms with Crippen LogP contribution in [0, 0.1) is 5.92 Å². The predicted octanol–water partition coefficient (Wildman–Crippen LogP) is 1.34. The maximum absolute atomic E-state index is 5.57. The molecule has 0 radical (unpaired) electrons. The van der Waals surface area contributed by atoms with Crippen LogP contribution in [0.15, 0.2) is 0 Å². The number of rotatable bonds is 7. The van der Waals surface area contributed by atoms with Crippen LogP contribution in [-0.2, 0) is 4.74 Å². The quantitative estimate of drug-likeness (QED) is 0.647. The van der Waals surface area contributed by atoms with Gasteiger partial charge >= 0.3 is 0 Å². The van der Waals surface area contributed by atoms with Crippen molar-refractivity contribution >= 4 is 0 Å². The molecule has 1 aliphatic heterocycles. The molecule has 90 valence electrons. The zero-order chi connectivity index (χ0) is 11.1. The van der Waals surface area contributed by atoms with Crippen LogP contribution in [0.25, 0.3) is 0 Å². The van der Waals surface area contributed by atoms with Crippen molar-refractivity contribution in [2.75, 3.05) is 39.8 Å². The van der Waals surface area contributed by atoms with Gasteiger partial charge in [0, 0.05) is 26.2 Å². The van der Waals surface area contributed by atoms with E-state index in [-0.39, 0.29) is 0 Å². The molecule has 0 saturated carbocycles. The fourth-order valence-corrected chi connectivity index (χ4v) is 2.08. The predicted molar refractivity (Wildman–Crippen MR) is 64.2 cm³/mol. The summed E-state index contributed by atoms with van der Waals surface area (Å²) in [6, 6.07) is 0. The van der Waals surface area contributed by atoms with E-state index in [0.29, 0.717) is 6.10 Å². The second-order valence-corrected chi connectivity index (χ2v) is 4.64. The standard InChI is InChI=1S/C12H26N2O/c1-4-6-13-7-8-14(3)10-12-5-9-15-11(12)2/h11-13H,4-10H2,1-3H3. The maximum Gasteiger partial charge on any atom is 0.0588 e. The number of nitrogens with zero attached hydrogens (tertiary/aromatic N) is 1. The van der Waals surface area contributed by atoms with Gasteiger partial charge in [-0.3, -0.25) is 0 Å². The van der Waals surface area contributed by atoms with Crippen molar-refractivity contribution in [1.82, 2.24) is 10.2 Å². The van der Waals surface area contributed by atoms with Crippen molar-refractivity contribution in [3.8, 4) is 0 Å². The van der Waals surface area contributed by atoms with Gasteiger partial charge in [-0.15, -0.1) is 0 Å². The molecule has 0 spiro atoms. The number of likely N-dealkylation sites (N-methyl/N-ethyl adjacent to an activating group) is 1. The summed E-state index contributed by atoms with van der Waals surface area (Å²) in [7, 11) is 2.21. The van der Waals surface area contributed by atoms with Crippen LogP contribution in [0.5, 0.6) is 0 Å². The molecule has 1 saturated heterocycles. The molecule has 0 bridgehead atoms. The van der Waals surface area contributed by atoms with Crippen molar-refractivity contribution < 1.29 is 4.74 Å². The van der Waals surface area contributed by atoms with Gasteiger partial charge in [-0.2, -0.15) is 0 Å². The molecule has 1 rings (SSSR count). The van der Waals surface area contributed by atoms with E-state index in [1.165, 1.54) is 19.4 Å². The molecule has 3 nitrogen and oxygen atoms in total. The lowest BCUT2D eigenvalue weighted by Crippen LogP contribution is -2.34. The summed E-state index contributed by atoms with van der Waals surface area (Å²) in [4.78, 5) is 2.42. The minimum Gasteiger partial charge on any atom is -0.378 e. The number of ether oxygens (including phenoxy) is 1. The average Bonchev–Trinajstić information content (AvgIpc) is 2.59. The van der Waals surface area contributed by atoms with E-state index >= 15 is 0 Å². The summed E-state index contributed by atoms with van der Waals surface area (Å²) in [5.74, 6) is 0.737.